The molecule has 1 rings (SSSR count). The second-order valence-corrected chi connectivity index (χ2v) is 14.6. The summed E-state index contributed by atoms with van der Waals surface area (Å²) in [4.78, 5) is 0. The van der Waals surface area contributed by atoms with Crippen LogP contribution in [0.25, 0.3) is 0 Å². The summed E-state index contributed by atoms with van der Waals surface area (Å²) in [5.74, 6) is 0. The van der Waals surface area contributed by atoms with Crippen LogP contribution in [0.1, 0.15) is 41.5 Å². The average Bonchev–Trinajstić information content (AvgIpc) is 2.15. The summed E-state index contributed by atoms with van der Waals surface area (Å²) in [5, 5.41) is 0.713. The third-order valence-corrected chi connectivity index (χ3v) is 14.7. The van der Waals surface area contributed by atoms with Gasteiger partial charge in [0.2, 0.25) is 0 Å². The summed E-state index contributed by atoms with van der Waals surface area (Å²) in [7, 11) is -2.54. The molecular formula is C14H24FPSi. The largest absolute Gasteiger partial charge is 0.307 e. The maximum absolute atomic E-state index is 15.6. The van der Waals surface area contributed by atoms with Crippen LogP contribution >= 0.6 is 8.13 Å². The number of benzene rings is 1. The van der Waals surface area contributed by atoms with Crippen LogP contribution in [0, 0.1) is 0 Å². The molecular weight excluding hydrogens is 246 g/mol. The van der Waals surface area contributed by atoms with Crippen molar-refractivity contribution in [3.8, 4) is 0 Å². The average molecular weight is 270 g/mol. The van der Waals surface area contributed by atoms with Gasteiger partial charge in [-0.25, -0.2) is 0 Å². The summed E-state index contributed by atoms with van der Waals surface area (Å²) in [5.41, 5.74) is 0. The molecule has 1 atom stereocenters. The molecule has 96 valence electrons. The maximum atomic E-state index is 15.6. The molecule has 0 aromatic heterocycles. The van der Waals surface area contributed by atoms with Crippen molar-refractivity contribution in [2.45, 2.75) is 51.6 Å². The molecule has 0 N–H and O–H groups in total. The highest BCUT2D eigenvalue weighted by Gasteiger charge is 2.55. The third kappa shape index (κ3) is 3.17. The van der Waals surface area contributed by atoms with E-state index in [1.807, 2.05) is 18.2 Å². The molecule has 1 aromatic carbocycles. The van der Waals surface area contributed by atoms with E-state index < -0.39 is 8.08 Å². The lowest BCUT2D eigenvalue weighted by molar-refractivity contribution is 0.547. The Morgan fingerprint density at radius 2 is 1.29 bits per heavy atom. The smallest absolute Gasteiger partial charge is 0.283 e. The highest BCUT2D eigenvalue weighted by atomic mass is 31.4. The SMILES string of the molecule is CC(C)(C)[Si](F)(Pc1ccccc1)C(C)(C)C. The molecule has 0 aliphatic rings. The Morgan fingerprint density at radius 3 is 1.65 bits per heavy atom. The Labute approximate surface area is 108 Å². The molecule has 0 aliphatic carbocycles. The van der Waals surface area contributed by atoms with E-state index in [4.69, 9.17) is 0 Å². The van der Waals surface area contributed by atoms with Crippen molar-refractivity contribution in [1.29, 1.82) is 0 Å². The highest BCUT2D eigenvalue weighted by Crippen LogP contribution is 2.59. The highest BCUT2D eigenvalue weighted by molar-refractivity contribution is 7.86. The van der Waals surface area contributed by atoms with Gasteiger partial charge in [-0.2, -0.15) is 0 Å². The van der Waals surface area contributed by atoms with Gasteiger partial charge in [0.05, 0.1) is 0 Å². The van der Waals surface area contributed by atoms with Crippen LogP contribution in [-0.4, -0.2) is 8.08 Å². The first-order chi connectivity index (χ1) is 7.58. The normalized spacial score (nSPS) is 14.5. The first-order valence-corrected chi connectivity index (χ1v) is 9.98. The molecule has 0 heterocycles. The van der Waals surface area contributed by atoms with Crippen LogP contribution in [0.2, 0.25) is 10.1 Å². The monoisotopic (exact) mass is 270 g/mol. The topological polar surface area (TPSA) is 0 Å². The minimum atomic E-state index is -2.87. The lowest BCUT2D eigenvalue weighted by atomic mass is 10.2. The van der Waals surface area contributed by atoms with E-state index in [2.05, 4.69) is 53.7 Å². The minimum Gasteiger partial charge on any atom is -0.307 e. The van der Waals surface area contributed by atoms with Crippen molar-refractivity contribution >= 4 is 21.5 Å². The molecule has 1 aromatic rings. The van der Waals surface area contributed by atoms with Crippen molar-refractivity contribution < 1.29 is 4.11 Å². The van der Waals surface area contributed by atoms with Crippen molar-refractivity contribution in [3.05, 3.63) is 30.3 Å². The zero-order valence-electron chi connectivity index (χ0n) is 11.8. The molecule has 0 radical (unpaired) electrons. The van der Waals surface area contributed by atoms with Crippen LogP contribution < -0.4 is 5.30 Å². The van der Waals surface area contributed by atoms with Crippen LogP contribution in [0.4, 0.5) is 4.11 Å². The Balaban J connectivity index is 3.11. The van der Waals surface area contributed by atoms with E-state index in [-0.39, 0.29) is 10.1 Å². The van der Waals surface area contributed by atoms with E-state index in [1.165, 1.54) is 0 Å². The lowest BCUT2D eigenvalue weighted by Gasteiger charge is -2.44. The van der Waals surface area contributed by atoms with E-state index in [1.54, 1.807) is 0 Å². The quantitative estimate of drug-likeness (QED) is 0.403. The standard InChI is InChI=1S/C14H24FPSi/c1-13(2,3)17(15,14(4,5)6)16-12-10-8-7-9-11-12/h7-11,16H,1-6H3. The molecule has 0 amide bonds. The first kappa shape index (κ1) is 14.9. The van der Waals surface area contributed by atoms with Crippen LogP contribution in [0.3, 0.4) is 0 Å². The first-order valence-electron chi connectivity index (χ1n) is 6.10. The number of hydrogen-bond donors (Lipinski definition) is 0. The number of halogens is 1. The Kier molecular flexibility index (Phi) is 4.21. The molecule has 3 heteroatoms. The molecule has 0 spiro atoms. The van der Waals surface area contributed by atoms with Crippen LogP contribution in [0.5, 0.6) is 0 Å². The summed E-state index contributed by atoms with van der Waals surface area (Å²) in [6, 6.07) is 10.1. The van der Waals surface area contributed by atoms with Crippen molar-refractivity contribution in [1.82, 2.24) is 0 Å². The Morgan fingerprint density at radius 1 is 0.882 bits per heavy atom. The van der Waals surface area contributed by atoms with E-state index in [9.17, 15) is 0 Å². The van der Waals surface area contributed by atoms with Gasteiger partial charge >= 0.3 is 0 Å². The Hall–Kier alpha value is -0.203. The van der Waals surface area contributed by atoms with Crippen LogP contribution in [0.15, 0.2) is 30.3 Å². The van der Waals surface area contributed by atoms with Gasteiger partial charge in [-0.15, -0.1) is 0 Å². The lowest BCUT2D eigenvalue weighted by Crippen LogP contribution is -2.45. The fourth-order valence-electron chi connectivity index (χ4n) is 2.22. The van der Waals surface area contributed by atoms with Gasteiger partial charge in [0.25, 0.3) is 8.08 Å². The van der Waals surface area contributed by atoms with Crippen molar-refractivity contribution in [3.63, 3.8) is 0 Å². The van der Waals surface area contributed by atoms with Gasteiger partial charge in [0.15, 0.2) is 0 Å². The number of hydrogen-bond acceptors (Lipinski definition) is 0. The molecule has 0 saturated heterocycles. The Bertz CT molecular complexity index is 348. The summed E-state index contributed by atoms with van der Waals surface area (Å²) in [6.07, 6.45) is 0. The van der Waals surface area contributed by atoms with Gasteiger partial charge in [0.1, 0.15) is 0 Å². The summed E-state index contributed by atoms with van der Waals surface area (Å²) >= 11 is 0. The zero-order valence-corrected chi connectivity index (χ0v) is 13.8. The van der Waals surface area contributed by atoms with Crippen molar-refractivity contribution in [2.24, 2.45) is 0 Å². The third-order valence-electron chi connectivity index (χ3n) is 3.16. The van der Waals surface area contributed by atoms with Gasteiger partial charge in [-0.05, 0) is 15.4 Å². The molecule has 0 fully saturated rings. The van der Waals surface area contributed by atoms with Gasteiger partial charge in [0, 0.05) is 0 Å². The van der Waals surface area contributed by atoms with E-state index in [0.29, 0.717) is 8.13 Å². The predicted octanol–water partition coefficient (Wildman–Crippen LogP) is 5.00. The number of rotatable bonds is 2. The van der Waals surface area contributed by atoms with Crippen molar-refractivity contribution in [2.75, 3.05) is 0 Å². The molecule has 0 bridgehead atoms. The molecule has 1 unspecified atom stereocenters. The minimum absolute atomic E-state index is 0.223. The second kappa shape index (κ2) is 4.82. The predicted molar refractivity (Wildman–Crippen MR) is 80.7 cm³/mol. The molecule has 17 heavy (non-hydrogen) atoms. The molecule has 0 saturated carbocycles. The molecule has 0 nitrogen and oxygen atoms in total. The summed E-state index contributed by atoms with van der Waals surface area (Å²) < 4.78 is 15.6. The zero-order chi connectivity index (χ0) is 13.3. The van der Waals surface area contributed by atoms with Gasteiger partial charge in [-0.3, -0.25) is 0 Å². The second-order valence-electron chi connectivity index (χ2n) is 6.65. The summed E-state index contributed by atoms with van der Waals surface area (Å²) in [6.45, 7) is 12.3. The maximum Gasteiger partial charge on any atom is 0.283 e. The fourth-order valence-corrected chi connectivity index (χ4v) is 9.92. The van der Waals surface area contributed by atoms with Crippen LogP contribution in [-0.2, 0) is 0 Å². The van der Waals surface area contributed by atoms with Gasteiger partial charge < -0.3 is 4.11 Å². The van der Waals surface area contributed by atoms with E-state index >= 15 is 4.11 Å². The van der Waals surface area contributed by atoms with E-state index in [0.717, 1.165) is 5.30 Å². The van der Waals surface area contributed by atoms with Gasteiger partial charge in [-0.1, -0.05) is 80.0 Å². The fraction of sp³-hybridized carbons (Fsp3) is 0.571. The molecule has 0 aliphatic heterocycles.